The third-order valence-electron chi connectivity index (χ3n) is 3.27. The molecule has 2 heterocycles. The number of rotatable bonds is 4. The Morgan fingerprint density at radius 3 is 2.88 bits per heavy atom. The van der Waals surface area contributed by atoms with Crippen LogP contribution in [0.1, 0.15) is 23.4 Å². The fourth-order valence-corrected chi connectivity index (χ4v) is 3.39. The molecule has 0 spiro atoms. The summed E-state index contributed by atoms with van der Waals surface area (Å²) in [6.45, 7) is 3.56. The van der Waals surface area contributed by atoms with Gasteiger partial charge in [0.25, 0.3) is 5.88 Å². The van der Waals surface area contributed by atoms with Gasteiger partial charge in [0.2, 0.25) is 5.69 Å². The van der Waals surface area contributed by atoms with E-state index in [1.807, 2.05) is 49.4 Å². The van der Waals surface area contributed by atoms with Crippen LogP contribution in [0.4, 0.5) is 5.88 Å². The van der Waals surface area contributed by atoms with Crippen LogP contribution in [0, 0.1) is 18.3 Å². The number of halogens is 1. The SMILES string of the molecule is C/C(=N/Nc1oc(C)nc1C#N)c1ccc(-c2ccccc2Cl)s1. The van der Waals surface area contributed by atoms with Crippen LogP contribution in [0.25, 0.3) is 10.4 Å². The molecular formula is C17H13ClN4OS. The number of nitrogens with zero attached hydrogens (tertiary/aromatic N) is 3. The Morgan fingerprint density at radius 2 is 2.12 bits per heavy atom. The summed E-state index contributed by atoms with van der Waals surface area (Å²) < 4.78 is 5.32. The number of aromatic nitrogens is 1. The van der Waals surface area contributed by atoms with E-state index in [1.54, 1.807) is 18.3 Å². The van der Waals surface area contributed by atoms with Crippen LogP contribution in [0.5, 0.6) is 0 Å². The number of aryl methyl sites for hydroxylation is 1. The lowest BCUT2D eigenvalue weighted by atomic mass is 10.2. The maximum absolute atomic E-state index is 9.00. The Bertz CT molecular complexity index is 952. The van der Waals surface area contributed by atoms with Gasteiger partial charge in [-0.1, -0.05) is 29.8 Å². The van der Waals surface area contributed by atoms with Crippen molar-refractivity contribution in [3.8, 4) is 16.5 Å². The fraction of sp³-hybridized carbons (Fsp3) is 0.118. The van der Waals surface area contributed by atoms with Gasteiger partial charge < -0.3 is 4.42 Å². The molecule has 0 aliphatic heterocycles. The number of anilines is 1. The van der Waals surface area contributed by atoms with Crippen LogP contribution in [-0.4, -0.2) is 10.7 Å². The highest BCUT2D eigenvalue weighted by molar-refractivity contribution is 7.17. The molecule has 3 rings (SSSR count). The van der Waals surface area contributed by atoms with Gasteiger partial charge in [-0.25, -0.2) is 10.4 Å². The first-order valence-electron chi connectivity index (χ1n) is 7.11. The first-order chi connectivity index (χ1) is 11.6. The number of oxazole rings is 1. The summed E-state index contributed by atoms with van der Waals surface area (Å²) in [4.78, 5) is 6.02. The molecule has 0 saturated heterocycles. The third-order valence-corrected chi connectivity index (χ3v) is 4.82. The van der Waals surface area contributed by atoms with Crippen molar-refractivity contribution < 1.29 is 4.42 Å². The molecule has 0 amide bonds. The van der Waals surface area contributed by atoms with Gasteiger partial charge in [0, 0.05) is 22.4 Å². The van der Waals surface area contributed by atoms with Crippen LogP contribution < -0.4 is 5.43 Å². The Kier molecular flexibility index (Phi) is 4.65. The summed E-state index contributed by atoms with van der Waals surface area (Å²) in [5, 5.41) is 14.0. The maximum atomic E-state index is 9.00. The van der Waals surface area contributed by atoms with Crippen molar-refractivity contribution in [2.45, 2.75) is 13.8 Å². The number of thiophene rings is 1. The molecule has 0 radical (unpaired) electrons. The Labute approximate surface area is 148 Å². The number of hydrazone groups is 1. The van der Waals surface area contributed by atoms with Crippen molar-refractivity contribution in [2.24, 2.45) is 5.10 Å². The van der Waals surface area contributed by atoms with E-state index in [-0.39, 0.29) is 11.6 Å². The summed E-state index contributed by atoms with van der Waals surface area (Å²) in [7, 11) is 0. The van der Waals surface area contributed by atoms with Gasteiger partial charge in [-0.3, -0.25) is 0 Å². The minimum Gasteiger partial charge on any atom is -0.422 e. The topological polar surface area (TPSA) is 74.2 Å². The van der Waals surface area contributed by atoms with Crippen molar-refractivity contribution in [3.05, 3.63) is 57.9 Å². The molecule has 1 N–H and O–H groups in total. The largest absolute Gasteiger partial charge is 0.422 e. The Balaban J connectivity index is 1.82. The predicted octanol–water partition coefficient (Wildman–Crippen LogP) is 5.07. The zero-order valence-corrected chi connectivity index (χ0v) is 14.6. The summed E-state index contributed by atoms with van der Waals surface area (Å²) >= 11 is 7.83. The Hall–Kier alpha value is -2.62. The number of nitrogens with one attached hydrogen (secondary N) is 1. The van der Waals surface area contributed by atoms with E-state index < -0.39 is 0 Å². The second kappa shape index (κ2) is 6.87. The molecule has 7 heteroatoms. The molecule has 1 aromatic carbocycles. The van der Waals surface area contributed by atoms with Crippen LogP contribution in [0.2, 0.25) is 5.02 Å². The molecule has 0 aliphatic rings. The van der Waals surface area contributed by atoms with E-state index in [2.05, 4.69) is 15.5 Å². The smallest absolute Gasteiger partial charge is 0.252 e. The minimum absolute atomic E-state index is 0.187. The normalized spacial score (nSPS) is 11.3. The first kappa shape index (κ1) is 16.2. The molecular weight excluding hydrogens is 344 g/mol. The van der Waals surface area contributed by atoms with Crippen molar-refractivity contribution in [1.29, 1.82) is 5.26 Å². The molecule has 0 fully saturated rings. The molecule has 120 valence electrons. The standard InChI is InChI=1S/C17H13ClN4OS/c1-10(21-22-17-14(9-19)20-11(2)23-17)15-7-8-16(24-15)12-5-3-4-6-13(12)18/h3-8,22H,1-2H3/b21-10-. The van der Waals surface area contributed by atoms with Crippen LogP contribution in [0.3, 0.4) is 0 Å². The Morgan fingerprint density at radius 1 is 1.33 bits per heavy atom. The molecule has 5 nitrogen and oxygen atoms in total. The van der Waals surface area contributed by atoms with E-state index in [0.29, 0.717) is 5.89 Å². The van der Waals surface area contributed by atoms with Crippen molar-refractivity contribution in [3.63, 3.8) is 0 Å². The second-order valence-corrected chi connectivity index (χ2v) is 6.47. The molecule has 3 aromatic rings. The quantitative estimate of drug-likeness (QED) is 0.523. The third kappa shape index (κ3) is 3.32. The lowest BCUT2D eigenvalue weighted by Gasteiger charge is -2.00. The van der Waals surface area contributed by atoms with E-state index in [0.717, 1.165) is 26.1 Å². The van der Waals surface area contributed by atoms with E-state index in [4.69, 9.17) is 21.3 Å². The van der Waals surface area contributed by atoms with Crippen molar-refractivity contribution >= 4 is 34.5 Å². The summed E-state index contributed by atoms with van der Waals surface area (Å²) in [6.07, 6.45) is 0. The zero-order chi connectivity index (χ0) is 17.1. The average Bonchev–Trinajstić information content (AvgIpc) is 3.19. The first-order valence-corrected chi connectivity index (χ1v) is 8.31. The van der Waals surface area contributed by atoms with Gasteiger partial charge in [0.1, 0.15) is 6.07 Å². The van der Waals surface area contributed by atoms with E-state index >= 15 is 0 Å². The lowest BCUT2D eigenvalue weighted by Crippen LogP contribution is -1.97. The number of hydrogen-bond donors (Lipinski definition) is 1. The van der Waals surface area contributed by atoms with Gasteiger partial charge in [0.05, 0.1) is 10.6 Å². The highest BCUT2D eigenvalue weighted by atomic mass is 35.5. The maximum Gasteiger partial charge on any atom is 0.252 e. The van der Waals surface area contributed by atoms with E-state index in [1.165, 1.54) is 0 Å². The molecule has 0 unspecified atom stereocenters. The lowest BCUT2D eigenvalue weighted by molar-refractivity contribution is 0.533. The highest BCUT2D eigenvalue weighted by Crippen LogP contribution is 2.33. The second-order valence-electron chi connectivity index (χ2n) is 4.98. The van der Waals surface area contributed by atoms with Gasteiger partial charge in [-0.15, -0.1) is 11.3 Å². The van der Waals surface area contributed by atoms with Crippen molar-refractivity contribution in [1.82, 2.24) is 4.98 Å². The number of hydrogen-bond acceptors (Lipinski definition) is 6. The van der Waals surface area contributed by atoms with Gasteiger partial charge in [0.15, 0.2) is 5.89 Å². The molecule has 0 saturated carbocycles. The monoisotopic (exact) mass is 356 g/mol. The summed E-state index contributed by atoms with van der Waals surface area (Å²) in [5.74, 6) is 0.663. The molecule has 0 atom stereocenters. The minimum atomic E-state index is 0.187. The van der Waals surface area contributed by atoms with E-state index in [9.17, 15) is 0 Å². The van der Waals surface area contributed by atoms with Gasteiger partial charge >= 0.3 is 0 Å². The number of nitriles is 1. The van der Waals surface area contributed by atoms with Gasteiger partial charge in [-0.05, 0) is 25.1 Å². The van der Waals surface area contributed by atoms with Gasteiger partial charge in [-0.2, -0.15) is 10.4 Å². The molecule has 24 heavy (non-hydrogen) atoms. The average molecular weight is 357 g/mol. The summed E-state index contributed by atoms with van der Waals surface area (Å²) in [5.41, 5.74) is 4.72. The molecule has 0 bridgehead atoms. The number of benzene rings is 1. The molecule has 0 aliphatic carbocycles. The van der Waals surface area contributed by atoms with Crippen molar-refractivity contribution in [2.75, 3.05) is 5.43 Å². The zero-order valence-electron chi connectivity index (χ0n) is 13.0. The predicted molar refractivity (Wildman–Crippen MR) is 96.6 cm³/mol. The van der Waals surface area contributed by atoms with Crippen LogP contribution >= 0.6 is 22.9 Å². The summed E-state index contributed by atoms with van der Waals surface area (Å²) in [6, 6.07) is 13.7. The highest BCUT2D eigenvalue weighted by Gasteiger charge is 2.11. The van der Waals surface area contributed by atoms with Crippen LogP contribution in [-0.2, 0) is 0 Å². The molecule has 2 aromatic heterocycles. The fourth-order valence-electron chi connectivity index (χ4n) is 2.11. The van der Waals surface area contributed by atoms with Crippen LogP contribution in [0.15, 0.2) is 45.9 Å².